The Bertz CT molecular complexity index is 653. The van der Waals surface area contributed by atoms with Gasteiger partial charge >= 0.3 is 11.9 Å². The van der Waals surface area contributed by atoms with Crippen LogP contribution in [0.4, 0.5) is 0 Å². The first-order valence-corrected chi connectivity index (χ1v) is 7.60. The topological polar surface area (TPSA) is 101 Å². The number of nitrogens with zero attached hydrogens (tertiary/aromatic N) is 1. The lowest BCUT2D eigenvalue weighted by atomic mass is 10.1. The number of carbonyl (C=O) groups excluding carboxylic acids is 1. The van der Waals surface area contributed by atoms with Crippen LogP contribution in [0.15, 0.2) is 23.1 Å². The molecule has 0 bridgehead atoms. The number of hydrogen-bond acceptors (Lipinski definition) is 5. The van der Waals surface area contributed by atoms with Crippen molar-refractivity contribution in [2.75, 3.05) is 20.2 Å². The summed E-state index contributed by atoms with van der Waals surface area (Å²) >= 11 is 0. The molecule has 116 valence electrons. The molecule has 21 heavy (non-hydrogen) atoms. The van der Waals surface area contributed by atoms with Gasteiger partial charge in [-0.2, -0.15) is 4.31 Å². The minimum atomic E-state index is -3.98. The normalized spacial score (nSPS) is 11.4. The summed E-state index contributed by atoms with van der Waals surface area (Å²) < 4.78 is 30.0. The van der Waals surface area contributed by atoms with Crippen molar-refractivity contribution in [3.8, 4) is 0 Å². The highest BCUT2D eigenvalue weighted by atomic mass is 32.2. The Morgan fingerprint density at radius 1 is 1.33 bits per heavy atom. The van der Waals surface area contributed by atoms with Crippen molar-refractivity contribution >= 4 is 22.0 Å². The van der Waals surface area contributed by atoms with Crippen LogP contribution < -0.4 is 0 Å². The van der Waals surface area contributed by atoms with Crippen LogP contribution in [0.5, 0.6) is 0 Å². The number of aliphatic carboxylic acids is 1. The smallest absolute Gasteiger partial charge is 0.338 e. The zero-order valence-corrected chi connectivity index (χ0v) is 12.8. The maximum absolute atomic E-state index is 12.2. The van der Waals surface area contributed by atoms with Crippen molar-refractivity contribution in [1.82, 2.24) is 4.31 Å². The Labute approximate surface area is 123 Å². The lowest BCUT2D eigenvalue weighted by Gasteiger charge is -2.16. The first kappa shape index (κ1) is 17.1. The van der Waals surface area contributed by atoms with Crippen LogP contribution in [-0.2, 0) is 19.6 Å². The van der Waals surface area contributed by atoms with Gasteiger partial charge in [-0.15, -0.1) is 0 Å². The van der Waals surface area contributed by atoms with Crippen molar-refractivity contribution in [2.24, 2.45) is 0 Å². The number of hydrogen-bond donors (Lipinski definition) is 1. The van der Waals surface area contributed by atoms with Crippen molar-refractivity contribution in [2.45, 2.75) is 18.7 Å². The number of carboxylic acids is 1. The van der Waals surface area contributed by atoms with Gasteiger partial charge < -0.3 is 9.84 Å². The Morgan fingerprint density at radius 3 is 2.48 bits per heavy atom. The number of rotatable bonds is 6. The average Bonchev–Trinajstić information content (AvgIpc) is 2.38. The molecule has 0 saturated heterocycles. The van der Waals surface area contributed by atoms with Gasteiger partial charge in [0.15, 0.2) is 0 Å². The Morgan fingerprint density at radius 2 is 1.95 bits per heavy atom. The van der Waals surface area contributed by atoms with Crippen LogP contribution in [0.25, 0.3) is 0 Å². The molecular formula is C13H17NO6S. The van der Waals surface area contributed by atoms with Gasteiger partial charge in [-0.1, -0.05) is 6.07 Å². The predicted octanol–water partition coefficient (Wildman–Crippen LogP) is 0.877. The molecule has 0 atom stereocenters. The van der Waals surface area contributed by atoms with E-state index in [9.17, 15) is 18.0 Å². The fourth-order valence-corrected chi connectivity index (χ4v) is 2.79. The fourth-order valence-electron chi connectivity index (χ4n) is 1.65. The van der Waals surface area contributed by atoms with Gasteiger partial charge in [-0.05, 0) is 31.5 Å². The van der Waals surface area contributed by atoms with E-state index in [4.69, 9.17) is 9.84 Å². The van der Waals surface area contributed by atoms with Gasteiger partial charge in [0.05, 0.1) is 17.1 Å². The Balaban J connectivity index is 3.23. The number of likely N-dealkylation sites (N-methyl/N-ethyl adjacent to an activating group) is 1. The van der Waals surface area contributed by atoms with Crippen molar-refractivity contribution in [3.05, 3.63) is 29.3 Å². The molecule has 0 aliphatic rings. The summed E-state index contributed by atoms with van der Waals surface area (Å²) in [6.07, 6.45) is 0. The summed E-state index contributed by atoms with van der Waals surface area (Å²) in [6.45, 7) is 2.82. The van der Waals surface area contributed by atoms with E-state index >= 15 is 0 Å². The maximum atomic E-state index is 12.2. The third-order valence-electron chi connectivity index (χ3n) is 2.77. The summed E-state index contributed by atoms with van der Waals surface area (Å²) in [5.41, 5.74) is 0.718. The molecule has 0 heterocycles. The molecule has 0 radical (unpaired) electrons. The van der Waals surface area contributed by atoms with E-state index in [1.807, 2.05) is 0 Å². The highest BCUT2D eigenvalue weighted by Crippen LogP contribution is 2.19. The molecule has 7 nitrogen and oxygen atoms in total. The van der Waals surface area contributed by atoms with E-state index in [1.54, 1.807) is 13.8 Å². The molecule has 0 fully saturated rings. The van der Waals surface area contributed by atoms with Gasteiger partial charge in [-0.25, -0.2) is 13.2 Å². The summed E-state index contributed by atoms with van der Waals surface area (Å²) in [5, 5.41) is 8.67. The van der Waals surface area contributed by atoms with Crippen LogP contribution in [-0.4, -0.2) is 50.0 Å². The monoisotopic (exact) mass is 315 g/mol. The van der Waals surface area contributed by atoms with E-state index in [2.05, 4.69) is 0 Å². The van der Waals surface area contributed by atoms with E-state index in [0.29, 0.717) is 9.87 Å². The van der Waals surface area contributed by atoms with E-state index in [0.717, 1.165) is 7.05 Å². The molecule has 0 spiro atoms. The first-order valence-electron chi connectivity index (χ1n) is 6.16. The summed E-state index contributed by atoms with van der Waals surface area (Å²) in [7, 11) is -2.82. The van der Waals surface area contributed by atoms with Crippen molar-refractivity contribution in [3.63, 3.8) is 0 Å². The standard InChI is InChI=1S/C13H17NO6S/c1-4-20-13(17)11-7-10(6-5-9(11)2)21(18,19)14(3)8-12(15)16/h5-7H,4,8H2,1-3H3,(H,15,16). The van der Waals surface area contributed by atoms with E-state index in [1.165, 1.54) is 18.2 Å². The zero-order chi connectivity index (χ0) is 16.2. The Kier molecular flexibility index (Phi) is 5.45. The second-order valence-corrected chi connectivity index (χ2v) is 6.40. The second-order valence-electron chi connectivity index (χ2n) is 4.35. The van der Waals surface area contributed by atoms with E-state index < -0.39 is 28.5 Å². The third kappa shape index (κ3) is 4.02. The Hall–Kier alpha value is -1.93. The second kappa shape index (κ2) is 6.68. The number of sulfonamides is 1. The number of carboxylic acid groups (broad SMARTS) is 1. The number of carbonyl (C=O) groups is 2. The lowest BCUT2D eigenvalue weighted by molar-refractivity contribution is -0.137. The van der Waals surface area contributed by atoms with Gasteiger partial charge in [-0.3, -0.25) is 4.79 Å². The number of esters is 1. The molecule has 0 saturated carbocycles. The summed E-state index contributed by atoms with van der Waals surface area (Å²) in [5.74, 6) is -1.88. The van der Waals surface area contributed by atoms with Crippen LogP contribution in [0.1, 0.15) is 22.8 Å². The quantitative estimate of drug-likeness (QED) is 0.782. The molecule has 1 rings (SSSR count). The van der Waals surface area contributed by atoms with Crippen LogP contribution in [0, 0.1) is 6.92 Å². The minimum Gasteiger partial charge on any atom is -0.480 e. The molecule has 1 aromatic carbocycles. The molecule has 0 aliphatic heterocycles. The molecule has 0 aliphatic carbocycles. The minimum absolute atomic E-state index is 0.140. The van der Waals surface area contributed by atoms with Gasteiger partial charge in [0.2, 0.25) is 10.0 Å². The largest absolute Gasteiger partial charge is 0.480 e. The zero-order valence-electron chi connectivity index (χ0n) is 12.0. The average molecular weight is 315 g/mol. The van der Waals surface area contributed by atoms with Gasteiger partial charge in [0.1, 0.15) is 6.54 Å². The molecule has 0 unspecified atom stereocenters. The third-order valence-corrected chi connectivity index (χ3v) is 4.57. The lowest BCUT2D eigenvalue weighted by Crippen LogP contribution is -2.32. The molecule has 0 amide bonds. The van der Waals surface area contributed by atoms with Gasteiger partial charge in [0.25, 0.3) is 0 Å². The molecule has 0 aromatic heterocycles. The highest BCUT2D eigenvalue weighted by Gasteiger charge is 2.24. The predicted molar refractivity (Wildman–Crippen MR) is 74.6 cm³/mol. The highest BCUT2D eigenvalue weighted by molar-refractivity contribution is 7.89. The van der Waals surface area contributed by atoms with Gasteiger partial charge in [0, 0.05) is 7.05 Å². The molecular weight excluding hydrogens is 298 g/mol. The maximum Gasteiger partial charge on any atom is 0.338 e. The number of ether oxygens (including phenoxy) is 1. The van der Waals surface area contributed by atoms with Crippen LogP contribution in [0.2, 0.25) is 0 Å². The summed E-state index contributed by atoms with van der Waals surface area (Å²) in [6, 6.07) is 4.00. The molecule has 1 aromatic rings. The van der Waals surface area contributed by atoms with Crippen molar-refractivity contribution in [1.29, 1.82) is 0 Å². The number of aryl methyl sites for hydroxylation is 1. The van der Waals surface area contributed by atoms with Crippen molar-refractivity contribution < 1.29 is 27.9 Å². The molecule has 1 N–H and O–H groups in total. The van der Waals surface area contributed by atoms with E-state index in [-0.39, 0.29) is 17.1 Å². The van der Waals surface area contributed by atoms with Crippen LogP contribution in [0.3, 0.4) is 0 Å². The molecule has 8 heteroatoms. The summed E-state index contributed by atoms with van der Waals surface area (Å²) in [4.78, 5) is 22.2. The SMILES string of the molecule is CCOC(=O)c1cc(S(=O)(=O)N(C)CC(=O)O)ccc1C. The van der Waals surface area contributed by atoms with Crippen LogP contribution >= 0.6 is 0 Å². The first-order chi connectivity index (χ1) is 9.70. The number of benzene rings is 1. The fraction of sp³-hybridized carbons (Fsp3) is 0.385.